The van der Waals surface area contributed by atoms with Crippen LogP contribution in [-0.4, -0.2) is 28.9 Å². The Balaban J connectivity index is 3.03. The molecule has 4 nitrogen and oxygen atoms in total. The molecule has 0 radical (unpaired) electrons. The molecule has 0 aliphatic heterocycles. The summed E-state index contributed by atoms with van der Waals surface area (Å²) in [5.74, 6) is -1.30. The second kappa shape index (κ2) is 4.76. The molecule has 0 saturated heterocycles. The van der Waals surface area contributed by atoms with Crippen molar-refractivity contribution in [2.24, 2.45) is 0 Å². The minimum atomic E-state index is -1.03. The van der Waals surface area contributed by atoms with Crippen LogP contribution in [0.25, 0.3) is 0 Å². The Labute approximate surface area is 99.6 Å². The second-order valence-electron chi connectivity index (χ2n) is 3.04. The average molecular weight is 292 g/mol. The molecule has 1 aromatic heterocycles. The summed E-state index contributed by atoms with van der Waals surface area (Å²) in [7, 11) is 1.48. The van der Waals surface area contributed by atoms with Gasteiger partial charge in [-0.25, -0.2) is 4.79 Å². The number of hydrogen-bond acceptors (Lipinski definition) is 3. The quantitative estimate of drug-likeness (QED) is 0.928. The normalized spacial score (nSPS) is 12.2. The Morgan fingerprint density at radius 3 is 2.53 bits per heavy atom. The number of aliphatic carboxylic acids is 1. The van der Waals surface area contributed by atoms with Crippen molar-refractivity contribution in [1.82, 2.24) is 4.90 Å². The summed E-state index contributed by atoms with van der Waals surface area (Å²) >= 11 is 4.56. The van der Waals surface area contributed by atoms with Gasteiger partial charge in [-0.1, -0.05) is 0 Å². The summed E-state index contributed by atoms with van der Waals surface area (Å²) in [5.41, 5.74) is 0. The number of carbonyl (C=O) groups is 2. The lowest BCUT2D eigenvalue weighted by Crippen LogP contribution is -2.33. The molecule has 1 amide bonds. The van der Waals surface area contributed by atoms with Gasteiger partial charge in [-0.3, -0.25) is 4.79 Å². The highest BCUT2D eigenvalue weighted by molar-refractivity contribution is 9.10. The molecule has 82 valence electrons. The van der Waals surface area contributed by atoms with Crippen LogP contribution in [0.5, 0.6) is 0 Å². The van der Waals surface area contributed by atoms with Gasteiger partial charge in [0.25, 0.3) is 0 Å². The molecule has 1 rings (SSSR count). The van der Waals surface area contributed by atoms with Crippen molar-refractivity contribution in [2.45, 2.75) is 13.0 Å². The number of carboxylic acid groups (broad SMARTS) is 1. The molecule has 1 atom stereocenters. The van der Waals surface area contributed by atoms with Crippen molar-refractivity contribution in [3.63, 3.8) is 0 Å². The molecule has 0 aromatic carbocycles. The summed E-state index contributed by atoms with van der Waals surface area (Å²) in [6, 6.07) is 0.807. The Morgan fingerprint density at radius 2 is 2.20 bits per heavy atom. The van der Waals surface area contributed by atoms with Crippen LogP contribution in [0.3, 0.4) is 0 Å². The van der Waals surface area contributed by atoms with Crippen LogP contribution in [0.2, 0.25) is 0 Å². The predicted octanol–water partition coefficient (Wildman–Crippen LogP) is 2.11. The molecule has 0 saturated carbocycles. The number of likely N-dealkylation sites (N-methyl/N-ethyl adjacent to an activating group) is 1. The van der Waals surface area contributed by atoms with Crippen LogP contribution < -0.4 is 0 Å². The summed E-state index contributed by atoms with van der Waals surface area (Å²) in [6.45, 7) is 1.35. The number of halogens is 1. The van der Waals surface area contributed by atoms with Gasteiger partial charge in [0.1, 0.15) is 0 Å². The smallest absolute Gasteiger partial charge is 0.331 e. The van der Waals surface area contributed by atoms with E-state index in [1.807, 2.05) is 0 Å². The first-order valence-electron chi connectivity index (χ1n) is 4.13. The molecule has 0 spiro atoms. The van der Waals surface area contributed by atoms with E-state index in [1.165, 1.54) is 30.2 Å². The predicted molar refractivity (Wildman–Crippen MR) is 60.8 cm³/mol. The standard InChI is InChI=1S/C9H10BrNO3S/c1-5(12)11(2)8(9(13)14)7-3-6(10)4-15-7/h3-4,8H,1-2H3,(H,13,14). The van der Waals surface area contributed by atoms with E-state index < -0.39 is 12.0 Å². The van der Waals surface area contributed by atoms with Gasteiger partial charge in [-0.05, 0) is 22.0 Å². The minimum absolute atomic E-state index is 0.271. The summed E-state index contributed by atoms with van der Waals surface area (Å²) in [4.78, 5) is 24.0. The van der Waals surface area contributed by atoms with Crippen molar-refractivity contribution < 1.29 is 14.7 Å². The number of rotatable bonds is 3. The summed E-state index contributed by atoms with van der Waals surface area (Å²) in [6.07, 6.45) is 0. The molecule has 1 aromatic rings. The maximum Gasteiger partial charge on any atom is 0.331 e. The molecule has 0 fully saturated rings. The van der Waals surface area contributed by atoms with Crippen LogP contribution in [-0.2, 0) is 9.59 Å². The highest BCUT2D eigenvalue weighted by atomic mass is 79.9. The fourth-order valence-corrected chi connectivity index (χ4v) is 2.71. The number of thiophene rings is 1. The van der Waals surface area contributed by atoms with Crippen LogP contribution in [0, 0.1) is 0 Å². The van der Waals surface area contributed by atoms with Gasteiger partial charge >= 0.3 is 5.97 Å². The van der Waals surface area contributed by atoms with Crippen molar-refractivity contribution in [3.8, 4) is 0 Å². The van der Waals surface area contributed by atoms with Gasteiger partial charge in [0.2, 0.25) is 5.91 Å². The van der Waals surface area contributed by atoms with E-state index >= 15 is 0 Å². The number of nitrogens with zero attached hydrogens (tertiary/aromatic N) is 1. The molecule has 0 aliphatic rings. The van der Waals surface area contributed by atoms with Gasteiger partial charge in [0.05, 0.1) is 0 Å². The highest BCUT2D eigenvalue weighted by Crippen LogP contribution is 2.29. The van der Waals surface area contributed by atoms with Crippen LogP contribution in [0.4, 0.5) is 0 Å². The molecule has 0 aliphatic carbocycles. The van der Waals surface area contributed by atoms with Crippen molar-refractivity contribution in [1.29, 1.82) is 0 Å². The maximum atomic E-state index is 11.1. The first-order chi connectivity index (χ1) is 6.93. The fraction of sp³-hybridized carbons (Fsp3) is 0.333. The lowest BCUT2D eigenvalue weighted by atomic mass is 10.2. The Bertz CT molecular complexity index is 390. The molecule has 0 bridgehead atoms. The second-order valence-corrected chi connectivity index (χ2v) is 4.90. The lowest BCUT2D eigenvalue weighted by Gasteiger charge is -2.22. The number of amides is 1. The van der Waals surface area contributed by atoms with Gasteiger partial charge in [0.15, 0.2) is 6.04 Å². The Hall–Kier alpha value is -0.880. The van der Waals surface area contributed by atoms with Gasteiger partial charge in [-0.15, -0.1) is 11.3 Å². The third kappa shape index (κ3) is 2.79. The molecule has 1 unspecified atom stereocenters. The third-order valence-corrected chi connectivity index (χ3v) is 3.72. The number of carbonyl (C=O) groups excluding carboxylic acids is 1. The van der Waals surface area contributed by atoms with Crippen LogP contribution in [0.15, 0.2) is 15.9 Å². The molecule has 6 heteroatoms. The van der Waals surface area contributed by atoms with Crippen molar-refractivity contribution >= 4 is 39.1 Å². The molecule has 1 heterocycles. The Kier molecular flexibility index (Phi) is 3.87. The van der Waals surface area contributed by atoms with Gasteiger partial charge in [-0.2, -0.15) is 0 Å². The first-order valence-corrected chi connectivity index (χ1v) is 5.81. The van der Waals surface area contributed by atoms with E-state index in [0.29, 0.717) is 4.88 Å². The number of carboxylic acids is 1. The summed E-state index contributed by atoms with van der Waals surface area (Å²) in [5, 5.41) is 10.8. The van der Waals surface area contributed by atoms with Crippen LogP contribution in [0.1, 0.15) is 17.8 Å². The zero-order valence-electron chi connectivity index (χ0n) is 8.23. The molecular weight excluding hydrogens is 282 g/mol. The number of hydrogen-bond donors (Lipinski definition) is 1. The monoisotopic (exact) mass is 291 g/mol. The van der Waals surface area contributed by atoms with E-state index in [4.69, 9.17) is 5.11 Å². The maximum absolute atomic E-state index is 11.1. The highest BCUT2D eigenvalue weighted by Gasteiger charge is 2.27. The lowest BCUT2D eigenvalue weighted by molar-refractivity contribution is -0.148. The summed E-state index contributed by atoms with van der Waals surface area (Å²) < 4.78 is 0.825. The Morgan fingerprint density at radius 1 is 1.60 bits per heavy atom. The topological polar surface area (TPSA) is 57.6 Å². The van der Waals surface area contributed by atoms with E-state index in [1.54, 1.807) is 11.4 Å². The van der Waals surface area contributed by atoms with Crippen molar-refractivity contribution in [2.75, 3.05) is 7.05 Å². The first kappa shape index (κ1) is 12.2. The fourth-order valence-electron chi connectivity index (χ4n) is 1.13. The van der Waals surface area contributed by atoms with E-state index in [0.717, 1.165) is 4.47 Å². The van der Waals surface area contributed by atoms with E-state index in [-0.39, 0.29) is 5.91 Å². The SMILES string of the molecule is CC(=O)N(C)C(C(=O)O)c1cc(Br)cs1. The largest absolute Gasteiger partial charge is 0.479 e. The molecule has 1 N–H and O–H groups in total. The van der Waals surface area contributed by atoms with E-state index in [2.05, 4.69) is 15.9 Å². The molecule has 15 heavy (non-hydrogen) atoms. The zero-order chi connectivity index (χ0) is 11.6. The minimum Gasteiger partial charge on any atom is -0.479 e. The van der Waals surface area contributed by atoms with E-state index in [9.17, 15) is 9.59 Å². The molecular formula is C9H10BrNO3S. The van der Waals surface area contributed by atoms with Crippen LogP contribution >= 0.6 is 27.3 Å². The zero-order valence-corrected chi connectivity index (χ0v) is 10.6. The van der Waals surface area contributed by atoms with Crippen molar-refractivity contribution in [3.05, 3.63) is 20.8 Å². The van der Waals surface area contributed by atoms with Gasteiger partial charge < -0.3 is 10.0 Å². The van der Waals surface area contributed by atoms with Gasteiger partial charge in [0, 0.05) is 28.7 Å². The third-order valence-electron chi connectivity index (χ3n) is 1.98. The average Bonchev–Trinajstić information content (AvgIpc) is 2.51.